The summed E-state index contributed by atoms with van der Waals surface area (Å²) in [5.74, 6) is -0.0557. The lowest BCUT2D eigenvalue weighted by molar-refractivity contribution is 0.160. The second-order valence-electron chi connectivity index (χ2n) is 5.50. The minimum absolute atomic E-state index is 0. The van der Waals surface area contributed by atoms with Crippen LogP contribution in [0, 0.1) is 5.82 Å². The first kappa shape index (κ1) is 18.2. The largest absolute Gasteiger partial charge is 0.508 e. The van der Waals surface area contributed by atoms with Crippen LogP contribution in [0.25, 0.3) is 0 Å². The van der Waals surface area contributed by atoms with Gasteiger partial charge in [0.1, 0.15) is 11.6 Å². The van der Waals surface area contributed by atoms with Crippen LogP contribution in [0.3, 0.4) is 0 Å². The van der Waals surface area contributed by atoms with Gasteiger partial charge < -0.3 is 10.4 Å². The molecular formula is C16H26ClFN2O. The predicted molar refractivity (Wildman–Crippen MR) is 86.6 cm³/mol. The molecule has 1 atom stereocenters. The van der Waals surface area contributed by atoms with E-state index in [0.717, 1.165) is 44.6 Å². The first-order valence-corrected chi connectivity index (χ1v) is 7.65. The number of halogens is 2. The maximum absolute atomic E-state index is 13.5. The predicted octanol–water partition coefficient (Wildman–Crippen LogP) is 3.48. The van der Waals surface area contributed by atoms with Crippen molar-refractivity contribution < 1.29 is 9.50 Å². The quantitative estimate of drug-likeness (QED) is 0.789. The first-order valence-electron chi connectivity index (χ1n) is 7.65. The Balaban J connectivity index is 0.00000220. The molecular weight excluding hydrogens is 291 g/mol. The number of hydrogen-bond acceptors (Lipinski definition) is 3. The van der Waals surface area contributed by atoms with Gasteiger partial charge >= 0.3 is 0 Å². The highest BCUT2D eigenvalue weighted by Crippen LogP contribution is 2.33. The number of aromatic hydroxyl groups is 1. The van der Waals surface area contributed by atoms with E-state index >= 15 is 0 Å². The van der Waals surface area contributed by atoms with Gasteiger partial charge in [-0.1, -0.05) is 26.2 Å². The third-order valence-corrected chi connectivity index (χ3v) is 4.02. The molecule has 0 unspecified atom stereocenters. The van der Waals surface area contributed by atoms with Crippen LogP contribution in [-0.4, -0.2) is 36.2 Å². The number of benzene rings is 1. The van der Waals surface area contributed by atoms with Crippen LogP contribution in [0.4, 0.5) is 4.39 Å². The number of phenolic OH excluding ortho intramolecular Hbond substituents is 1. The van der Waals surface area contributed by atoms with Crippen molar-refractivity contribution in [2.45, 2.75) is 38.6 Å². The van der Waals surface area contributed by atoms with Crippen molar-refractivity contribution in [3.8, 4) is 5.75 Å². The van der Waals surface area contributed by atoms with E-state index < -0.39 is 0 Å². The number of nitrogens with zero attached hydrogens (tertiary/aromatic N) is 1. The number of unbranched alkanes of at least 4 members (excludes halogenated alkanes) is 2. The highest BCUT2D eigenvalue weighted by molar-refractivity contribution is 5.85. The normalized spacial score (nSPS) is 17.2. The number of rotatable bonds is 6. The third-order valence-electron chi connectivity index (χ3n) is 4.02. The molecule has 1 aliphatic rings. The van der Waals surface area contributed by atoms with Crippen molar-refractivity contribution in [1.82, 2.24) is 10.2 Å². The number of nitrogens with one attached hydrogen (secondary N) is 1. The van der Waals surface area contributed by atoms with E-state index in [-0.39, 0.29) is 30.0 Å². The van der Waals surface area contributed by atoms with Gasteiger partial charge in [-0.3, -0.25) is 4.90 Å². The lowest BCUT2D eigenvalue weighted by Crippen LogP contribution is -2.45. The molecule has 0 amide bonds. The molecule has 0 spiro atoms. The molecule has 1 fully saturated rings. The fraction of sp³-hybridized carbons (Fsp3) is 0.625. The van der Waals surface area contributed by atoms with E-state index in [0.29, 0.717) is 0 Å². The van der Waals surface area contributed by atoms with Crippen LogP contribution < -0.4 is 5.32 Å². The van der Waals surface area contributed by atoms with Gasteiger partial charge in [0.05, 0.1) is 0 Å². The molecule has 1 heterocycles. The van der Waals surface area contributed by atoms with Crippen molar-refractivity contribution in [2.75, 3.05) is 26.2 Å². The SMILES string of the molecule is CCCCC[C@@H](c1cc(F)ccc1O)N1CCNCC1.Cl. The van der Waals surface area contributed by atoms with E-state index in [4.69, 9.17) is 0 Å². The Morgan fingerprint density at radius 1 is 1.29 bits per heavy atom. The Kier molecular flexibility index (Phi) is 8.01. The molecule has 1 aromatic carbocycles. The van der Waals surface area contributed by atoms with Gasteiger partial charge in [-0.25, -0.2) is 4.39 Å². The van der Waals surface area contributed by atoms with Gasteiger partial charge in [-0.15, -0.1) is 12.4 Å². The highest BCUT2D eigenvalue weighted by Gasteiger charge is 2.24. The summed E-state index contributed by atoms with van der Waals surface area (Å²) < 4.78 is 13.5. The topological polar surface area (TPSA) is 35.5 Å². The standard InChI is InChI=1S/C16H25FN2O.ClH/c1-2-3-4-5-15(19-10-8-18-9-11-19)14-12-13(17)6-7-16(14)20;/h6-7,12,15,18,20H,2-5,8-11H2,1H3;1H/t15-;/m0./s1. The zero-order chi connectivity index (χ0) is 14.4. The molecule has 120 valence electrons. The Labute approximate surface area is 132 Å². The van der Waals surface area contributed by atoms with Crippen molar-refractivity contribution in [3.63, 3.8) is 0 Å². The van der Waals surface area contributed by atoms with Crippen molar-refractivity contribution in [2.24, 2.45) is 0 Å². The van der Waals surface area contributed by atoms with E-state index in [9.17, 15) is 9.50 Å². The van der Waals surface area contributed by atoms with Gasteiger partial charge in [0.25, 0.3) is 0 Å². The molecule has 1 aromatic rings. The van der Waals surface area contributed by atoms with E-state index in [1.54, 1.807) is 0 Å². The van der Waals surface area contributed by atoms with Crippen molar-refractivity contribution in [3.05, 3.63) is 29.6 Å². The van der Waals surface area contributed by atoms with Crippen LogP contribution in [-0.2, 0) is 0 Å². The van der Waals surface area contributed by atoms with Gasteiger partial charge in [0.2, 0.25) is 0 Å². The zero-order valence-corrected chi connectivity index (χ0v) is 13.5. The lowest BCUT2D eigenvalue weighted by Gasteiger charge is -2.35. The number of phenols is 1. The summed E-state index contributed by atoms with van der Waals surface area (Å²) in [6.07, 6.45) is 4.44. The Morgan fingerprint density at radius 3 is 2.67 bits per heavy atom. The summed E-state index contributed by atoms with van der Waals surface area (Å²) in [4.78, 5) is 2.36. The fourth-order valence-electron chi connectivity index (χ4n) is 2.91. The highest BCUT2D eigenvalue weighted by atomic mass is 35.5. The first-order chi connectivity index (χ1) is 9.72. The summed E-state index contributed by atoms with van der Waals surface area (Å²) >= 11 is 0. The molecule has 0 aromatic heterocycles. The summed E-state index contributed by atoms with van der Waals surface area (Å²) in [5.41, 5.74) is 0.739. The van der Waals surface area contributed by atoms with Gasteiger partial charge in [-0.2, -0.15) is 0 Å². The van der Waals surface area contributed by atoms with E-state index in [1.165, 1.54) is 31.0 Å². The molecule has 0 bridgehead atoms. The average molecular weight is 317 g/mol. The Hall–Kier alpha value is -0.840. The monoisotopic (exact) mass is 316 g/mol. The molecule has 2 rings (SSSR count). The van der Waals surface area contributed by atoms with Crippen LogP contribution >= 0.6 is 12.4 Å². The summed E-state index contributed by atoms with van der Waals surface area (Å²) in [7, 11) is 0. The minimum atomic E-state index is -0.270. The van der Waals surface area contributed by atoms with E-state index in [2.05, 4.69) is 17.1 Å². The molecule has 0 saturated carbocycles. The lowest BCUT2D eigenvalue weighted by atomic mass is 9.97. The third kappa shape index (κ3) is 5.13. The number of piperazine rings is 1. The average Bonchev–Trinajstić information content (AvgIpc) is 2.48. The van der Waals surface area contributed by atoms with E-state index in [1.807, 2.05) is 0 Å². The Morgan fingerprint density at radius 2 is 2.00 bits per heavy atom. The fourth-order valence-corrected chi connectivity index (χ4v) is 2.91. The molecule has 1 aliphatic heterocycles. The van der Waals surface area contributed by atoms with Crippen molar-refractivity contribution in [1.29, 1.82) is 0 Å². The maximum Gasteiger partial charge on any atom is 0.123 e. The second-order valence-corrected chi connectivity index (χ2v) is 5.50. The minimum Gasteiger partial charge on any atom is -0.508 e. The number of hydrogen-bond donors (Lipinski definition) is 2. The zero-order valence-electron chi connectivity index (χ0n) is 12.6. The molecule has 5 heteroatoms. The van der Waals surface area contributed by atoms with Crippen LogP contribution in [0.5, 0.6) is 5.75 Å². The summed E-state index contributed by atoms with van der Waals surface area (Å²) in [6.45, 7) is 6.00. The van der Waals surface area contributed by atoms with Crippen LogP contribution in [0.1, 0.15) is 44.2 Å². The molecule has 3 nitrogen and oxygen atoms in total. The van der Waals surface area contributed by atoms with Gasteiger partial charge in [-0.05, 0) is 24.6 Å². The van der Waals surface area contributed by atoms with Crippen molar-refractivity contribution >= 4 is 12.4 Å². The van der Waals surface area contributed by atoms with Gasteiger partial charge in [0.15, 0.2) is 0 Å². The Bertz CT molecular complexity index is 425. The molecule has 0 aliphatic carbocycles. The summed E-state index contributed by atoms with van der Waals surface area (Å²) in [6, 6.07) is 4.41. The molecule has 1 saturated heterocycles. The van der Waals surface area contributed by atoms with Crippen LogP contribution in [0.2, 0.25) is 0 Å². The van der Waals surface area contributed by atoms with Crippen LogP contribution in [0.15, 0.2) is 18.2 Å². The summed E-state index contributed by atoms with van der Waals surface area (Å²) in [5, 5.41) is 13.4. The molecule has 21 heavy (non-hydrogen) atoms. The maximum atomic E-state index is 13.5. The second kappa shape index (κ2) is 9.23. The smallest absolute Gasteiger partial charge is 0.123 e. The molecule has 0 radical (unpaired) electrons. The molecule has 2 N–H and O–H groups in total. The van der Waals surface area contributed by atoms with Gasteiger partial charge in [0, 0.05) is 37.8 Å².